The molecule has 1 fully saturated rings. The lowest BCUT2D eigenvalue weighted by Gasteiger charge is -2.37. The molecule has 1 saturated heterocycles. The molecule has 3 aromatic carbocycles. The minimum atomic E-state index is -0.613. The molecule has 0 aromatic heterocycles. The van der Waals surface area contributed by atoms with Crippen LogP contribution in [0.5, 0.6) is 0 Å². The molecule has 2 amide bonds. The molecule has 4 atom stereocenters. The van der Waals surface area contributed by atoms with Gasteiger partial charge in [0.15, 0.2) is 0 Å². The third-order valence-electron chi connectivity index (χ3n) is 8.64. The van der Waals surface area contributed by atoms with Crippen LogP contribution in [-0.2, 0) is 14.3 Å². The highest BCUT2D eigenvalue weighted by Gasteiger charge is 2.45. The van der Waals surface area contributed by atoms with Crippen LogP contribution < -0.4 is 10.6 Å². The molecule has 0 spiro atoms. The zero-order valence-electron chi connectivity index (χ0n) is 28.7. The lowest BCUT2D eigenvalue weighted by Crippen LogP contribution is -2.52. The van der Waals surface area contributed by atoms with Crippen molar-refractivity contribution in [2.45, 2.75) is 89.0 Å². The number of nitrogens with one attached hydrogen (secondary N) is 2. The summed E-state index contributed by atoms with van der Waals surface area (Å²) in [6.07, 6.45) is 1.34. The summed E-state index contributed by atoms with van der Waals surface area (Å²) in [5.41, 5.74) is 2.97. The highest BCUT2D eigenvalue weighted by atomic mass is 32.2. The van der Waals surface area contributed by atoms with Crippen LogP contribution in [0.25, 0.3) is 0 Å². The number of carbonyl (C=O) groups excluding carboxylic acids is 2. The summed E-state index contributed by atoms with van der Waals surface area (Å²) in [4.78, 5) is 28.9. The van der Waals surface area contributed by atoms with E-state index in [-0.39, 0.29) is 35.3 Å². The Hall–Kier alpha value is -3.29. The van der Waals surface area contributed by atoms with Gasteiger partial charge in [0.2, 0.25) is 5.91 Å². The lowest BCUT2D eigenvalue weighted by atomic mass is 9.84. The fourth-order valence-electron chi connectivity index (χ4n) is 6.14. The molecule has 46 heavy (non-hydrogen) atoms. The monoisotopic (exact) mass is 643 g/mol. The van der Waals surface area contributed by atoms with Gasteiger partial charge in [-0.15, -0.1) is 11.8 Å². The van der Waals surface area contributed by atoms with Crippen molar-refractivity contribution in [1.29, 1.82) is 0 Å². The number of thioether (sulfide) groups is 1. The molecule has 0 unspecified atom stereocenters. The van der Waals surface area contributed by atoms with Crippen LogP contribution >= 0.6 is 11.8 Å². The minimum absolute atomic E-state index is 0.0204. The summed E-state index contributed by atoms with van der Waals surface area (Å²) >= 11 is 1.91. The number of nitrogens with zero attached hydrogens (tertiary/aromatic N) is 1. The minimum Gasteiger partial charge on any atom is -0.444 e. The average molecular weight is 644 g/mol. The number of hydrogen-bond donors (Lipinski definition) is 2. The number of rotatable bonds is 13. The van der Waals surface area contributed by atoms with E-state index < -0.39 is 10.3 Å². The van der Waals surface area contributed by atoms with Crippen molar-refractivity contribution in [2.24, 2.45) is 11.8 Å². The molecule has 0 aliphatic carbocycles. The first kappa shape index (κ1) is 35.6. The largest absolute Gasteiger partial charge is 0.444 e. The molecule has 0 bridgehead atoms. The number of ether oxygens (including phenoxy) is 1. The maximum atomic E-state index is 13.7. The smallest absolute Gasteiger partial charge is 0.410 e. The van der Waals surface area contributed by atoms with E-state index in [0.717, 1.165) is 12.8 Å². The molecule has 1 aliphatic rings. The predicted octanol–water partition coefficient (Wildman–Crippen LogP) is 7.87. The summed E-state index contributed by atoms with van der Waals surface area (Å²) in [5.74, 6) is 0.540. The number of carbonyl (C=O) groups is 2. The van der Waals surface area contributed by atoms with E-state index in [1.54, 1.807) is 0 Å². The van der Waals surface area contributed by atoms with Crippen molar-refractivity contribution in [1.82, 2.24) is 15.5 Å². The normalized spacial score (nSPS) is 18.3. The molecule has 0 radical (unpaired) electrons. The molecule has 2 N–H and O–H groups in total. The van der Waals surface area contributed by atoms with Crippen LogP contribution in [0.4, 0.5) is 4.79 Å². The van der Waals surface area contributed by atoms with Crippen LogP contribution in [0, 0.1) is 11.8 Å². The maximum absolute atomic E-state index is 13.7. The van der Waals surface area contributed by atoms with Gasteiger partial charge < -0.3 is 20.3 Å². The van der Waals surface area contributed by atoms with Crippen molar-refractivity contribution < 1.29 is 14.3 Å². The van der Waals surface area contributed by atoms with Gasteiger partial charge in [0.1, 0.15) is 5.60 Å². The molecule has 1 aliphatic heterocycles. The molecule has 7 heteroatoms. The van der Waals surface area contributed by atoms with Gasteiger partial charge in [0.25, 0.3) is 0 Å². The zero-order chi connectivity index (χ0) is 33.3. The Bertz CT molecular complexity index is 1280. The molecule has 0 saturated carbocycles. The summed E-state index contributed by atoms with van der Waals surface area (Å²) in [6, 6.07) is 31.6. The Morgan fingerprint density at radius 1 is 0.870 bits per heavy atom. The van der Waals surface area contributed by atoms with Crippen molar-refractivity contribution in [2.75, 3.05) is 19.6 Å². The second-order valence-corrected chi connectivity index (χ2v) is 15.5. The Balaban J connectivity index is 1.69. The van der Waals surface area contributed by atoms with Gasteiger partial charge in [0.05, 0.1) is 10.8 Å². The highest BCUT2D eigenvalue weighted by Crippen LogP contribution is 2.52. The van der Waals surface area contributed by atoms with Crippen LogP contribution in [0.3, 0.4) is 0 Å². The van der Waals surface area contributed by atoms with Crippen LogP contribution in [-0.4, -0.2) is 59.5 Å². The van der Waals surface area contributed by atoms with Gasteiger partial charge in [-0.05, 0) is 55.7 Å². The first-order chi connectivity index (χ1) is 21.9. The van der Waals surface area contributed by atoms with Crippen molar-refractivity contribution in [3.05, 3.63) is 108 Å². The van der Waals surface area contributed by atoms with Crippen molar-refractivity contribution >= 4 is 23.8 Å². The fraction of sp³-hybridized carbons (Fsp3) is 0.487. The summed E-state index contributed by atoms with van der Waals surface area (Å²) in [5, 5.41) is 6.82. The van der Waals surface area contributed by atoms with Crippen LogP contribution in [0.2, 0.25) is 0 Å². The van der Waals surface area contributed by atoms with E-state index in [1.165, 1.54) is 16.7 Å². The second-order valence-electron chi connectivity index (χ2n) is 14.0. The van der Waals surface area contributed by atoms with Crippen molar-refractivity contribution in [3.8, 4) is 0 Å². The quantitative estimate of drug-likeness (QED) is 0.186. The van der Waals surface area contributed by atoms with E-state index in [2.05, 4.69) is 129 Å². The fourth-order valence-corrected chi connectivity index (χ4v) is 8.01. The van der Waals surface area contributed by atoms with E-state index in [0.29, 0.717) is 25.6 Å². The third kappa shape index (κ3) is 8.95. The van der Waals surface area contributed by atoms with E-state index in [9.17, 15) is 9.59 Å². The molecule has 1 heterocycles. The first-order valence-corrected chi connectivity index (χ1v) is 17.7. The topological polar surface area (TPSA) is 70.7 Å². The summed E-state index contributed by atoms with van der Waals surface area (Å²) in [7, 11) is 0. The maximum Gasteiger partial charge on any atom is 0.410 e. The SMILES string of the molecule is CC[C@H](C)[C@H](NC[C@H]1C[C@@H](SC(c2ccccc2)(c2ccccc2)c2ccccc2)CN1C(=O)OC(C)(C)C)C(=O)NCC(C)C. The van der Waals surface area contributed by atoms with E-state index in [4.69, 9.17) is 4.74 Å². The molecular weight excluding hydrogens is 591 g/mol. The van der Waals surface area contributed by atoms with Gasteiger partial charge in [-0.2, -0.15) is 0 Å². The number of benzene rings is 3. The number of likely N-dealkylation sites (tertiary alicyclic amines) is 1. The molecular formula is C39H53N3O3S. The zero-order valence-corrected chi connectivity index (χ0v) is 29.5. The van der Waals surface area contributed by atoms with Gasteiger partial charge in [0, 0.05) is 30.9 Å². The Labute approximate surface area is 281 Å². The van der Waals surface area contributed by atoms with Gasteiger partial charge in [-0.25, -0.2) is 4.79 Å². The molecule has 6 nitrogen and oxygen atoms in total. The third-order valence-corrected chi connectivity index (χ3v) is 10.4. The van der Waals surface area contributed by atoms with Crippen LogP contribution in [0.15, 0.2) is 91.0 Å². The number of hydrogen-bond acceptors (Lipinski definition) is 5. The molecule has 248 valence electrons. The van der Waals surface area contributed by atoms with Gasteiger partial charge >= 0.3 is 6.09 Å². The first-order valence-electron chi connectivity index (χ1n) is 16.8. The Kier molecular flexibility index (Phi) is 12.4. The number of amides is 2. The standard InChI is InChI=1S/C39H53N3O3S/c1-8-29(4)35(36(43)41-25-28(2)3)40-26-33-24-34(27-42(33)37(44)45-38(5,6)7)46-39(30-18-12-9-13-19-30,31-20-14-10-15-21-31)32-22-16-11-17-23-32/h9-23,28-29,33-35,40H,8,24-27H2,1-7H3,(H,41,43)/t29-,33+,34+,35-/m0/s1. The van der Waals surface area contributed by atoms with Gasteiger partial charge in [-0.3, -0.25) is 4.79 Å². The summed E-state index contributed by atoms with van der Waals surface area (Å²) in [6.45, 7) is 15.8. The second kappa shape index (κ2) is 16.0. The van der Waals surface area contributed by atoms with Crippen LogP contribution in [0.1, 0.15) is 78.0 Å². The van der Waals surface area contributed by atoms with E-state index in [1.807, 2.05) is 37.4 Å². The molecule has 3 aromatic rings. The lowest BCUT2D eigenvalue weighted by molar-refractivity contribution is -0.124. The van der Waals surface area contributed by atoms with Gasteiger partial charge in [-0.1, -0.05) is 125 Å². The van der Waals surface area contributed by atoms with E-state index >= 15 is 0 Å². The average Bonchev–Trinajstić information content (AvgIpc) is 3.45. The summed E-state index contributed by atoms with van der Waals surface area (Å²) < 4.78 is 5.45. The molecule has 4 rings (SSSR count). The Morgan fingerprint density at radius 3 is 1.80 bits per heavy atom. The van der Waals surface area contributed by atoms with Crippen molar-refractivity contribution in [3.63, 3.8) is 0 Å². The highest BCUT2D eigenvalue weighted by molar-refractivity contribution is 8.01. The predicted molar refractivity (Wildman–Crippen MR) is 191 cm³/mol. The Morgan fingerprint density at radius 2 is 1.37 bits per heavy atom.